The fourth-order valence-electron chi connectivity index (χ4n) is 5.31. The summed E-state index contributed by atoms with van der Waals surface area (Å²) in [6, 6.07) is 0.431. The Bertz CT molecular complexity index is 675. The van der Waals surface area contributed by atoms with Gasteiger partial charge in [0.25, 0.3) is 0 Å². The number of rotatable bonds is 2. The molecule has 150 valence electrons. The first-order valence-electron chi connectivity index (χ1n) is 9.71. The molecule has 4 fully saturated rings. The first-order chi connectivity index (χ1) is 11.8. The maximum absolute atomic E-state index is 12.3. The third-order valence-corrected chi connectivity index (χ3v) is 9.50. The van der Waals surface area contributed by atoms with Crippen LogP contribution in [0.5, 0.6) is 0 Å². The van der Waals surface area contributed by atoms with Crippen molar-refractivity contribution in [1.29, 1.82) is 0 Å². The van der Waals surface area contributed by atoms with Crippen LogP contribution >= 0.6 is 24.0 Å². The van der Waals surface area contributed by atoms with Crippen LogP contribution in [0.1, 0.15) is 46.5 Å². The molecule has 2 heterocycles. The second kappa shape index (κ2) is 7.06. The molecule has 2 aliphatic carbocycles. The van der Waals surface area contributed by atoms with Crippen LogP contribution in [0.2, 0.25) is 0 Å². The minimum Gasteiger partial charge on any atom is -0.377 e. The van der Waals surface area contributed by atoms with Crippen LogP contribution in [0.15, 0.2) is 4.99 Å². The molecule has 6 nitrogen and oxygen atoms in total. The number of nitrogens with zero attached hydrogens (tertiary/aromatic N) is 2. The quantitative estimate of drug-likeness (QED) is 0.359. The van der Waals surface area contributed by atoms with Crippen molar-refractivity contribution < 1.29 is 13.2 Å². The van der Waals surface area contributed by atoms with E-state index < -0.39 is 14.6 Å². The summed E-state index contributed by atoms with van der Waals surface area (Å²) in [5.74, 6) is 1.69. The zero-order valence-electron chi connectivity index (χ0n) is 16.0. The van der Waals surface area contributed by atoms with E-state index in [0.717, 1.165) is 19.0 Å². The normalized spacial score (nSPS) is 36.5. The number of sulfone groups is 1. The van der Waals surface area contributed by atoms with Crippen LogP contribution in [-0.4, -0.2) is 68.2 Å². The second-order valence-electron chi connectivity index (χ2n) is 8.75. The summed E-state index contributed by atoms with van der Waals surface area (Å²) in [5.41, 5.74) is 0.299. The highest BCUT2D eigenvalue weighted by Gasteiger charge is 2.67. The minimum absolute atomic E-state index is 0. The maximum atomic E-state index is 12.3. The Morgan fingerprint density at radius 1 is 1.35 bits per heavy atom. The van der Waals surface area contributed by atoms with Gasteiger partial charge in [-0.2, -0.15) is 0 Å². The molecular formula is C18H32IN3O3S. The van der Waals surface area contributed by atoms with Gasteiger partial charge in [-0.05, 0) is 40.0 Å². The second-order valence-corrected chi connectivity index (χ2v) is 11.5. The van der Waals surface area contributed by atoms with Gasteiger partial charge in [-0.25, -0.2) is 8.42 Å². The minimum atomic E-state index is -3.04. The van der Waals surface area contributed by atoms with Crippen molar-refractivity contribution in [2.75, 3.05) is 32.0 Å². The highest BCUT2D eigenvalue weighted by atomic mass is 127. The predicted molar refractivity (Wildman–Crippen MR) is 114 cm³/mol. The smallest absolute Gasteiger partial charge is 0.194 e. The van der Waals surface area contributed by atoms with Gasteiger partial charge in [0.15, 0.2) is 15.8 Å². The molecule has 2 aliphatic heterocycles. The molecule has 26 heavy (non-hydrogen) atoms. The molecule has 0 aromatic rings. The number of fused-ring (bicyclic) bond motifs is 2. The van der Waals surface area contributed by atoms with E-state index in [0.29, 0.717) is 43.1 Å². The van der Waals surface area contributed by atoms with Crippen LogP contribution in [0.25, 0.3) is 0 Å². The number of halogens is 1. The van der Waals surface area contributed by atoms with Crippen LogP contribution in [-0.2, 0) is 14.6 Å². The lowest BCUT2D eigenvalue weighted by molar-refractivity contribution is -0.171. The van der Waals surface area contributed by atoms with Crippen molar-refractivity contribution in [2.45, 2.75) is 63.3 Å². The fourth-order valence-corrected chi connectivity index (χ4v) is 6.67. The first kappa shape index (κ1) is 20.6. The Hall–Kier alpha value is -0.0900. The van der Waals surface area contributed by atoms with E-state index in [9.17, 15) is 8.42 Å². The number of guanidine groups is 1. The summed E-state index contributed by atoms with van der Waals surface area (Å²) in [5, 5.41) is 3.75. The van der Waals surface area contributed by atoms with E-state index in [1.165, 1.54) is 19.3 Å². The Morgan fingerprint density at radius 3 is 2.65 bits per heavy atom. The SMILES string of the molecule is CCN=C(NC1C2CCOC2C12CCC2)N1CCS(=O)(=O)C(C)(C)C1.I. The molecule has 3 unspecified atom stereocenters. The summed E-state index contributed by atoms with van der Waals surface area (Å²) in [7, 11) is -3.04. The van der Waals surface area contributed by atoms with Crippen LogP contribution < -0.4 is 5.32 Å². The Balaban J connectivity index is 0.00000196. The zero-order chi connectivity index (χ0) is 17.9. The summed E-state index contributed by atoms with van der Waals surface area (Å²) in [6.45, 7) is 8.31. The van der Waals surface area contributed by atoms with E-state index in [1.807, 2.05) is 20.8 Å². The molecule has 0 aromatic carbocycles. The molecule has 3 atom stereocenters. The number of aliphatic imine (C=N–C) groups is 1. The predicted octanol–water partition coefficient (Wildman–Crippen LogP) is 2.04. The average Bonchev–Trinajstić information content (AvgIpc) is 2.90. The van der Waals surface area contributed by atoms with Crippen molar-refractivity contribution in [2.24, 2.45) is 16.3 Å². The molecule has 0 bridgehead atoms. The molecule has 0 amide bonds. The third kappa shape index (κ3) is 2.98. The van der Waals surface area contributed by atoms with Gasteiger partial charge in [-0.3, -0.25) is 4.99 Å². The summed E-state index contributed by atoms with van der Waals surface area (Å²) >= 11 is 0. The molecule has 0 radical (unpaired) electrons. The van der Waals surface area contributed by atoms with Crippen molar-refractivity contribution in [3.63, 3.8) is 0 Å². The number of ether oxygens (including phenoxy) is 1. The Labute approximate surface area is 174 Å². The lowest BCUT2D eigenvalue weighted by Gasteiger charge is -2.63. The largest absolute Gasteiger partial charge is 0.377 e. The van der Waals surface area contributed by atoms with Crippen LogP contribution in [0.4, 0.5) is 0 Å². The lowest BCUT2D eigenvalue weighted by atomic mass is 9.46. The van der Waals surface area contributed by atoms with Gasteiger partial charge in [-0.15, -0.1) is 24.0 Å². The van der Waals surface area contributed by atoms with E-state index in [4.69, 9.17) is 9.73 Å². The van der Waals surface area contributed by atoms with E-state index in [2.05, 4.69) is 10.2 Å². The van der Waals surface area contributed by atoms with Gasteiger partial charge in [0, 0.05) is 43.6 Å². The Kier molecular flexibility index (Phi) is 5.60. The highest BCUT2D eigenvalue weighted by molar-refractivity contribution is 14.0. The molecule has 2 saturated heterocycles. The topological polar surface area (TPSA) is 71.0 Å². The first-order valence-corrected chi connectivity index (χ1v) is 11.4. The Morgan fingerprint density at radius 2 is 2.08 bits per heavy atom. The molecule has 4 aliphatic rings. The molecule has 2 saturated carbocycles. The molecule has 1 spiro atoms. The molecule has 8 heteroatoms. The summed E-state index contributed by atoms with van der Waals surface area (Å²) in [4.78, 5) is 6.87. The van der Waals surface area contributed by atoms with Crippen molar-refractivity contribution >= 4 is 39.8 Å². The number of hydrogen-bond donors (Lipinski definition) is 1. The molecular weight excluding hydrogens is 465 g/mol. The fraction of sp³-hybridized carbons (Fsp3) is 0.944. The van der Waals surface area contributed by atoms with Crippen LogP contribution in [0.3, 0.4) is 0 Å². The highest BCUT2D eigenvalue weighted by Crippen LogP contribution is 2.62. The van der Waals surface area contributed by atoms with Crippen molar-refractivity contribution in [3.8, 4) is 0 Å². The lowest BCUT2D eigenvalue weighted by Crippen LogP contribution is -2.73. The van der Waals surface area contributed by atoms with Gasteiger partial charge in [0.1, 0.15) is 0 Å². The van der Waals surface area contributed by atoms with Gasteiger partial charge in [0.05, 0.1) is 16.6 Å². The zero-order valence-corrected chi connectivity index (χ0v) is 19.2. The average molecular weight is 497 g/mol. The number of nitrogens with one attached hydrogen (secondary N) is 1. The molecule has 1 N–H and O–H groups in total. The van der Waals surface area contributed by atoms with E-state index in [-0.39, 0.29) is 29.7 Å². The van der Waals surface area contributed by atoms with E-state index >= 15 is 0 Å². The molecule has 4 rings (SSSR count). The van der Waals surface area contributed by atoms with Gasteiger partial charge in [-0.1, -0.05) is 6.42 Å². The van der Waals surface area contributed by atoms with Gasteiger partial charge in [0.2, 0.25) is 0 Å². The van der Waals surface area contributed by atoms with Crippen molar-refractivity contribution in [1.82, 2.24) is 10.2 Å². The summed E-state index contributed by atoms with van der Waals surface area (Å²) in [6.07, 6.45) is 5.33. The monoisotopic (exact) mass is 497 g/mol. The van der Waals surface area contributed by atoms with Crippen molar-refractivity contribution in [3.05, 3.63) is 0 Å². The van der Waals surface area contributed by atoms with Crippen LogP contribution in [0, 0.1) is 11.3 Å². The van der Waals surface area contributed by atoms with E-state index in [1.54, 1.807) is 0 Å². The standard InChI is InChI=1S/C18H31N3O3S.HI/c1-4-19-16(21-9-11-25(22,23)17(2,3)12-21)20-14-13-6-10-24-15(13)18(14)7-5-8-18;/h13-15H,4-12H2,1-3H3,(H,19,20);1H. The summed E-state index contributed by atoms with van der Waals surface area (Å²) < 4.78 is 29.9. The van der Waals surface area contributed by atoms with Gasteiger partial charge >= 0.3 is 0 Å². The third-order valence-electron chi connectivity index (χ3n) is 6.97. The number of hydrogen-bond acceptors (Lipinski definition) is 4. The molecule has 0 aromatic heterocycles. The maximum Gasteiger partial charge on any atom is 0.194 e. The van der Waals surface area contributed by atoms with Gasteiger partial charge < -0.3 is 15.0 Å².